The van der Waals surface area contributed by atoms with Gasteiger partial charge in [-0.15, -0.1) is 0 Å². The Labute approximate surface area is 119 Å². The highest BCUT2D eigenvalue weighted by atomic mass is 16.5. The predicted molar refractivity (Wildman–Crippen MR) is 81.4 cm³/mol. The Morgan fingerprint density at radius 3 is 3.05 bits per heavy atom. The second kappa shape index (κ2) is 5.38. The van der Waals surface area contributed by atoms with Crippen LogP contribution in [-0.2, 0) is 11.3 Å². The fraction of sp³-hybridized carbons (Fsp3) is 0.438. The first-order valence-electron chi connectivity index (χ1n) is 7.13. The number of hydrogen-bond donors (Lipinski definition) is 1. The monoisotopic (exact) mass is 271 g/mol. The zero-order valence-electron chi connectivity index (χ0n) is 12.0. The van der Waals surface area contributed by atoms with E-state index in [0.29, 0.717) is 12.1 Å². The van der Waals surface area contributed by atoms with E-state index >= 15 is 0 Å². The van der Waals surface area contributed by atoms with Crippen LogP contribution in [0, 0.1) is 0 Å². The molecule has 0 spiro atoms. The number of anilines is 1. The van der Waals surface area contributed by atoms with E-state index < -0.39 is 0 Å². The van der Waals surface area contributed by atoms with Crippen LogP contribution < -0.4 is 5.73 Å². The molecule has 1 aromatic carbocycles. The maximum absolute atomic E-state index is 6.03. The molecule has 2 N–H and O–H groups in total. The van der Waals surface area contributed by atoms with Crippen molar-refractivity contribution in [2.45, 2.75) is 32.5 Å². The number of hydrogen-bond acceptors (Lipinski definition) is 4. The van der Waals surface area contributed by atoms with Gasteiger partial charge in [0.1, 0.15) is 0 Å². The van der Waals surface area contributed by atoms with Gasteiger partial charge >= 0.3 is 0 Å². The molecule has 1 saturated heterocycles. The molecule has 1 fully saturated rings. The van der Waals surface area contributed by atoms with E-state index in [2.05, 4.69) is 29.8 Å². The number of morpholine rings is 1. The average Bonchev–Trinajstić information content (AvgIpc) is 2.46. The van der Waals surface area contributed by atoms with E-state index in [-0.39, 0.29) is 0 Å². The number of aromatic nitrogens is 1. The standard InChI is InChI=1S/C16H21N3O/c1-11-10-20-12(2)8-19(11)9-13-5-6-15(17)14-4-3-7-18-16(13)14/h3-7,11-12H,8-10,17H2,1-2H3. The zero-order valence-corrected chi connectivity index (χ0v) is 12.0. The Kier molecular flexibility index (Phi) is 3.59. The van der Waals surface area contributed by atoms with E-state index in [1.807, 2.05) is 24.4 Å². The molecule has 0 bridgehead atoms. The van der Waals surface area contributed by atoms with Crippen molar-refractivity contribution in [1.29, 1.82) is 0 Å². The zero-order chi connectivity index (χ0) is 14.1. The number of rotatable bonds is 2. The Bertz CT molecular complexity index is 614. The number of benzene rings is 1. The van der Waals surface area contributed by atoms with Crippen molar-refractivity contribution in [3.63, 3.8) is 0 Å². The van der Waals surface area contributed by atoms with E-state index in [4.69, 9.17) is 10.5 Å². The van der Waals surface area contributed by atoms with Gasteiger partial charge in [0.25, 0.3) is 0 Å². The molecule has 0 amide bonds. The van der Waals surface area contributed by atoms with Crippen molar-refractivity contribution >= 4 is 16.6 Å². The van der Waals surface area contributed by atoms with E-state index in [0.717, 1.165) is 36.3 Å². The van der Waals surface area contributed by atoms with Crippen LogP contribution in [0.4, 0.5) is 5.69 Å². The van der Waals surface area contributed by atoms with E-state index in [1.165, 1.54) is 5.56 Å². The normalized spacial score (nSPS) is 24.1. The molecule has 2 aromatic rings. The molecule has 1 aromatic heterocycles. The maximum Gasteiger partial charge on any atom is 0.0767 e. The minimum atomic E-state index is 0.291. The molecule has 0 aliphatic carbocycles. The molecule has 3 rings (SSSR count). The van der Waals surface area contributed by atoms with Gasteiger partial charge in [-0.2, -0.15) is 0 Å². The summed E-state index contributed by atoms with van der Waals surface area (Å²) in [6.07, 6.45) is 2.12. The van der Waals surface area contributed by atoms with Crippen molar-refractivity contribution in [2.24, 2.45) is 0 Å². The highest BCUT2D eigenvalue weighted by molar-refractivity contribution is 5.92. The van der Waals surface area contributed by atoms with Gasteiger partial charge in [0.15, 0.2) is 0 Å². The Balaban J connectivity index is 1.93. The maximum atomic E-state index is 6.03. The third kappa shape index (κ3) is 2.49. The lowest BCUT2D eigenvalue weighted by molar-refractivity contribution is -0.0525. The topological polar surface area (TPSA) is 51.4 Å². The second-order valence-corrected chi connectivity index (χ2v) is 5.64. The van der Waals surface area contributed by atoms with E-state index in [9.17, 15) is 0 Å². The first kappa shape index (κ1) is 13.3. The van der Waals surface area contributed by atoms with Crippen molar-refractivity contribution in [3.8, 4) is 0 Å². The summed E-state index contributed by atoms with van der Waals surface area (Å²) in [4.78, 5) is 6.97. The third-order valence-electron chi connectivity index (χ3n) is 4.00. The fourth-order valence-corrected chi connectivity index (χ4v) is 2.79. The number of nitrogens with two attached hydrogens (primary N) is 1. The minimum Gasteiger partial charge on any atom is -0.398 e. The molecule has 20 heavy (non-hydrogen) atoms. The van der Waals surface area contributed by atoms with E-state index in [1.54, 1.807) is 0 Å². The third-order valence-corrected chi connectivity index (χ3v) is 4.00. The van der Waals surface area contributed by atoms with Gasteiger partial charge in [-0.1, -0.05) is 6.07 Å². The van der Waals surface area contributed by atoms with Crippen LogP contribution in [0.2, 0.25) is 0 Å². The summed E-state index contributed by atoms with van der Waals surface area (Å²) in [5, 5.41) is 1.04. The molecule has 1 aliphatic rings. The van der Waals surface area contributed by atoms with Gasteiger partial charge < -0.3 is 10.5 Å². The quantitative estimate of drug-likeness (QED) is 0.852. The summed E-state index contributed by atoms with van der Waals surface area (Å²) in [7, 11) is 0. The lowest BCUT2D eigenvalue weighted by atomic mass is 10.1. The number of pyridine rings is 1. The van der Waals surface area contributed by atoms with Crippen molar-refractivity contribution in [2.75, 3.05) is 18.9 Å². The van der Waals surface area contributed by atoms with Crippen LogP contribution in [0.3, 0.4) is 0 Å². The Morgan fingerprint density at radius 1 is 1.35 bits per heavy atom. The lowest BCUT2D eigenvalue weighted by Gasteiger charge is -2.36. The van der Waals surface area contributed by atoms with Gasteiger partial charge in [0.05, 0.1) is 18.2 Å². The van der Waals surface area contributed by atoms with Crippen LogP contribution in [-0.4, -0.2) is 35.2 Å². The predicted octanol–water partition coefficient (Wildman–Crippen LogP) is 2.43. The Morgan fingerprint density at radius 2 is 2.20 bits per heavy atom. The smallest absolute Gasteiger partial charge is 0.0767 e. The van der Waals surface area contributed by atoms with Crippen LogP contribution in [0.15, 0.2) is 30.5 Å². The molecule has 2 atom stereocenters. The second-order valence-electron chi connectivity index (χ2n) is 5.64. The van der Waals surface area contributed by atoms with Crippen molar-refractivity contribution in [3.05, 3.63) is 36.0 Å². The molecule has 4 nitrogen and oxygen atoms in total. The van der Waals surface area contributed by atoms with Gasteiger partial charge in [-0.3, -0.25) is 9.88 Å². The molecular weight excluding hydrogens is 250 g/mol. The van der Waals surface area contributed by atoms with Crippen LogP contribution in [0.1, 0.15) is 19.4 Å². The minimum absolute atomic E-state index is 0.291. The molecule has 0 radical (unpaired) electrons. The average molecular weight is 271 g/mol. The van der Waals surface area contributed by atoms with Crippen LogP contribution in [0.5, 0.6) is 0 Å². The molecule has 2 heterocycles. The van der Waals surface area contributed by atoms with Gasteiger partial charge in [0.2, 0.25) is 0 Å². The lowest BCUT2D eigenvalue weighted by Crippen LogP contribution is -2.46. The number of fused-ring (bicyclic) bond motifs is 1. The van der Waals surface area contributed by atoms with Gasteiger partial charge in [0, 0.05) is 36.4 Å². The Hall–Kier alpha value is -1.65. The summed E-state index contributed by atoms with van der Waals surface area (Å²) < 4.78 is 5.69. The van der Waals surface area contributed by atoms with Crippen molar-refractivity contribution in [1.82, 2.24) is 9.88 Å². The molecule has 0 saturated carbocycles. The summed E-state index contributed by atoms with van der Waals surface area (Å²) in [6, 6.07) is 8.47. The summed E-state index contributed by atoms with van der Waals surface area (Å²) in [6.45, 7) is 6.97. The van der Waals surface area contributed by atoms with Crippen molar-refractivity contribution < 1.29 is 4.74 Å². The largest absolute Gasteiger partial charge is 0.398 e. The molecule has 1 aliphatic heterocycles. The molecule has 106 valence electrons. The van der Waals surface area contributed by atoms with Gasteiger partial charge in [-0.05, 0) is 37.6 Å². The number of nitrogen functional groups attached to an aromatic ring is 1. The van der Waals surface area contributed by atoms with Gasteiger partial charge in [-0.25, -0.2) is 0 Å². The summed E-state index contributed by atoms with van der Waals surface area (Å²) in [5.74, 6) is 0. The molecule has 4 heteroatoms. The number of ether oxygens (including phenoxy) is 1. The van der Waals surface area contributed by atoms with Crippen LogP contribution in [0.25, 0.3) is 10.9 Å². The SMILES string of the molecule is CC1CN(Cc2ccc(N)c3cccnc23)C(C)CO1. The molecular formula is C16H21N3O. The highest BCUT2D eigenvalue weighted by Gasteiger charge is 2.24. The molecule has 2 unspecified atom stereocenters. The number of nitrogens with zero attached hydrogens (tertiary/aromatic N) is 2. The fourth-order valence-electron chi connectivity index (χ4n) is 2.79. The first-order chi connectivity index (χ1) is 9.65. The first-order valence-corrected chi connectivity index (χ1v) is 7.13. The summed E-state index contributed by atoms with van der Waals surface area (Å²) in [5.41, 5.74) is 9.07. The highest BCUT2D eigenvalue weighted by Crippen LogP contribution is 2.25. The summed E-state index contributed by atoms with van der Waals surface area (Å²) >= 11 is 0. The van der Waals surface area contributed by atoms with Crippen LogP contribution >= 0.6 is 0 Å².